The van der Waals surface area contributed by atoms with Gasteiger partial charge in [0.05, 0.1) is 6.54 Å². The molecule has 2 aromatic rings. The minimum Gasteiger partial charge on any atom is -0.361 e. The first-order valence-electron chi connectivity index (χ1n) is 8.49. The molecular weight excluding hydrogens is 448 g/mol. The Morgan fingerprint density at radius 1 is 1.31 bits per heavy atom. The highest BCUT2D eigenvalue weighted by molar-refractivity contribution is 14.0. The van der Waals surface area contributed by atoms with Gasteiger partial charge in [0.1, 0.15) is 5.82 Å². The van der Waals surface area contributed by atoms with Gasteiger partial charge in [-0.2, -0.15) is 0 Å². The first-order chi connectivity index (χ1) is 12.0. The number of aliphatic imine (C=N–C) groups is 1. The lowest BCUT2D eigenvalue weighted by Crippen LogP contribution is -2.38. The van der Waals surface area contributed by atoms with Crippen molar-refractivity contribution in [2.75, 3.05) is 33.7 Å². The Hall–Kier alpha value is -1.84. The predicted octanol–water partition coefficient (Wildman–Crippen LogP) is 2.50. The molecule has 0 atom stereocenters. The van der Waals surface area contributed by atoms with Crippen molar-refractivity contribution in [2.45, 2.75) is 19.8 Å². The number of guanidine groups is 1. The molecule has 8 heteroatoms. The van der Waals surface area contributed by atoms with Crippen LogP contribution < -0.4 is 10.6 Å². The van der Waals surface area contributed by atoms with Crippen molar-refractivity contribution in [2.24, 2.45) is 4.99 Å². The van der Waals surface area contributed by atoms with Crippen LogP contribution in [0.4, 0.5) is 4.39 Å². The highest BCUT2D eigenvalue weighted by atomic mass is 127. The number of nitrogens with one attached hydrogen (secondary N) is 3. The van der Waals surface area contributed by atoms with E-state index in [0.29, 0.717) is 25.5 Å². The average molecular weight is 475 g/mol. The van der Waals surface area contributed by atoms with Gasteiger partial charge >= 0.3 is 0 Å². The standard InChI is InChI=1S/C18H26FN5O.HI/c1-4-20-18(22-10-8-17(25)24(2)3)21-9-7-13-12-23-16-11-14(19)5-6-15(13)16;/h5-6,11-12,23H,4,7-10H2,1-3H3,(H2,20,21,22);1H. The third-order valence-electron chi connectivity index (χ3n) is 3.85. The Morgan fingerprint density at radius 3 is 2.77 bits per heavy atom. The first-order valence-corrected chi connectivity index (χ1v) is 8.49. The first kappa shape index (κ1) is 22.2. The Kier molecular flexibility index (Phi) is 9.39. The summed E-state index contributed by atoms with van der Waals surface area (Å²) in [6.07, 6.45) is 3.08. The fraction of sp³-hybridized carbons (Fsp3) is 0.444. The largest absolute Gasteiger partial charge is 0.361 e. The molecule has 0 unspecified atom stereocenters. The second-order valence-corrected chi connectivity index (χ2v) is 5.98. The summed E-state index contributed by atoms with van der Waals surface area (Å²) >= 11 is 0. The van der Waals surface area contributed by atoms with Crippen molar-refractivity contribution in [3.05, 3.63) is 35.8 Å². The van der Waals surface area contributed by atoms with Gasteiger partial charge in [0.15, 0.2) is 5.96 Å². The number of hydrogen-bond donors (Lipinski definition) is 3. The smallest absolute Gasteiger partial charge is 0.223 e. The maximum atomic E-state index is 13.2. The fourth-order valence-corrected chi connectivity index (χ4v) is 2.51. The van der Waals surface area contributed by atoms with Crippen LogP contribution in [-0.2, 0) is 11.2 Å². The number of amides is 1. The third-order valence-corrected chi connectivity index (χ3v) is 3.85. The number of carbonyl (C=O) groups excluding carboxylic acids is 1. The van der Waals surface area contributed by atoms with Crippen molar-refractivity contribution in [3.63, 3.8) is 0 Å². The van der Waals surface area contributed by atoms with Gasteiger partial charge in [0, 0.05) is 50.7 Å². The topological polar surface area (TPSA) is 72.5 Å². The van der Waals surface area contributed by atoms with Crippen molar-refractivity contribution < 1.29 is 9.18 Å². The number of fused-ring (bicyclic) bond motifs is 1. The number of carbonyl (C=O) groups is 1. The molecule has 144 valence electrons. The SMILES string of the molecule is CCNC(=NCCC(=O)N(C)C)NCCc1c[nH]c2cc(F)ccc12.I. The molecule has 0 saturated heterocycles. The lowest BCUT2D eigenvalue weighted by Gasteiger charge is -2.12. The van der Waals surface area contributed by atoms with E-state index in [1.54, 1.807) is 25.1 Å². The van der Waals surface area contributed by atoms with Gasteiger partial charge in [-0.25, -0.2) is 4.39 Å². The highest BCUT2D eigenvalue weighted by Gasteiger charge is 2.06. The summed E-state index contributed by atoms with van der Waals surface area (Å²) in [5.74, 6) is 0.512. The van der Waals surface area contributed by atoms with Gasteiger partial charge in [-0.1, -0.05) is 0 Å². The predicted molar refractivity (Wildman–Crippen MR) is 115 cm³/mol. The van der Waals surface area contributed by atoms with Crippen LogP contribution in [-0.4, -0.2) is 55.5 Å². The van der Waals surface area contributed by atoms with Crippen molar-refractivity contribution >= 4 is 46.7 Å². The quantitative estimate of drug-likeness (QED) is 0.328. The maximum absolute atomic E-state index is 13.2. The molecule has 2 rings (SSSR count). The molecule has 1 heterocycles. The number of rotatable bonds is 7. The van der Waals surface area contributed by atoms with E-state index >= 15 is 0 Å². The van der Waals surface area contributed by atoms with Gasteiger partial charge in [-0.05, 0) is 37.1 Å². The molecule has 0 aliphatic carbocycles. The van der Waals surface area contributed by atoms with E-state index in [9.17, 15) is 9.18 Å². The molecule has 0 fully saturated rings. The van der Waals surface area contributed by atoms with E-state index in [4.69, 9.17) is 0 Å². The van der Waals surface area contributed by atoms with Crippen LogP contribution in [0.5, 0.6) is 0 Å². The minimum atomic E-state index is -0.243. The van der Waals surface area contributed by atoms with E-state index in [1.807, 2.05) is 13.1 Å². The highest BCUT2D eigenvalue weighted by Crippen LogP contribution is 2.19. The molecule has 0 radical (unpaired) electrons. The number of nitrogens with zero attached hydrogens (tertiary/aromatic N) is 2. The van der Waals surface area contributed by atoms with Gasteiger partial charge in [0.25, 0.3) is 0 Å². The molecule has 0 bridgehead atoms. The van der Waals surface area contributed by atoms with Crippen molar-refractivity contribution in [1.29, 1.82) is 0 Å². The molecule has 0 aliphatic heterocycles. The number of halogens is 2. The third kappa shape index (κ3) is 6.47. The Labute approximate surface area is 170 Å². The van der Waals surface area contributed by atoms with E-state index in [0.717, 1.165) is 29.4 Å². The summed E-state index contributed by atoms with van der Waals surface area (Å²) in [6.45, 7) is 3.88. The Morgan fingerprint density at radius 2 is 2.08 bits per heavy atom. The average Bonchev–Trinajstić information content (AvgIpc) is 2.96. The van der Waals surface area contributed by atoms with Crippen LogP contribution in [0.15, 0.2) is 29.4 Å². The van der Waals surface area contributed by atoms with Crippen LogP contribution in [0.3, 0.4) is 0 Å². The molecule has 3 N–H and O–H groups in total. The molecule has 0 aliphatic rings. The summed E-state index contributed by atoms with van der Waals surface area (Å²) in [5.41, 5.74) is 1.93. The summed E-state index contributed by atoms with van der Waals surface area (Å²) < 4.78 is 13.2. The molecule has 0 spiro atoms. The molecular formula is C18H27FIN5O. The monoisotopic (exact) mass is 475 g/mol. The minimum absolute atomic E-state index is 0. The van der Waals surface area contributed by atoms with Gasteiger partial charge in [-0.3, -0.25) is 9.79 Å². The number of hydrogen-bond acceptors (Lipinski definition) is 2. The van der Waals surface area contributed by atoms with Crippen LogP contribution in [0.1, 0.15) is 18.9 Å². The fourth-order valence-electron chi connectivity index (χ4n) is 2.51. The molecule has 6 nitrogen and oxygen atoms in total. The summed E-state index contributed by atoms with van der Waals surface area (Å²) in [5, 5.41) is 7.46. The van der Waals surface area contributed by atoms with Crippen LogP contribution in [0.25, 0.3) is 10.9 Å². The number of aromatic amines is 1. The maximum Gasteiger partial charge on any atom is 0.223 e. The molecule has 0 saturated carbocycles. The zero-order valence-corrected chi connectivity index (χ0v) is 17.8. The van der Waals surface area contributed by atoms with Crippen molar-refractivity contribution in [3.8, 4) is 0 Å². The molecule has 1 amide bonds. The van der Waals surface area contributed by atoms with Gasteiger partial charge in [0.2, 0.25) is 5.91 Å². The van der Waals surface area contributed by atoms with Gasteiger partial charge in [-0.15, -0.1) is 24.0 Å². The zero-order valence-electron chi connectivity index (χ0n) is 15.4. The lowest BCUT2D eigenvalue weighted by molar-refractivity contribution is -0.128. The van der Waals surface area contributed by atoms with E-state index < -0.39 is 0 Å². The van der Waals surface area contributed by atoms with Gasteiger partial charge < -0.3 is 20.5 Å². The van der Waals surface area contributed by atoms with E-state index in [2.05, 4.69) is 20.6 Å². The molecule has 1 aromatic heterocycles. The van der Waals surface area contributed by atoms with E-state index in [1.165, 1.54) is 12.1 Å². The van der Waals surface area contributed by atoms with Crippen LogP contribution >= 0.6 is 24.0 Å². The van der Waals surface area contributed by atoms with Crippen LogP contribution in [0, 0.1) is 5.82 Å². The second kappa shape index (κ2) is 11.0. The number of benzene rings is 1. The number of aromatic nitrogens is 1. The lowest BCUT2D eigenvalue weighted by atomic mass is 10.1. The Bertz CT molecular complexity index is 744. The van der Waals surface area contributed by atoms with Crippen molar-refractivity contribution in [1.82, 2.24) is 20.5 Å². The normalized spacial score (nSPS) is 11.2. The molecule has 26 heavy (non-hydrogen) atoms. The summed E-state index contributed by atoms with van der Waals surface area (Å²) in [7, 11) is 3.48. The summed E-state index contributed by atoms with van der Waals surface area (Å²) in [4.78, 5) is 20.7. The Balaban J connectivity index is 0.00000338. The molecule has 1 aromatic carbocycles. The second-order valence-electron chi connectivity index (χ2n) is 5.98. The zero-order chi connectivity index (χ0) is 18.2. The number of H-pyrrole nitrogens is 1. The summed E-state index contributed by atoms with van der Waals surface area (Å²) in [6, 6.07) is 4.77. The van der Waals surface area contributed by atoms with E-state index in [-0.39, 0.29) is 35.7 Å². The van der Waals surface area contributed by atoms with Crippen LogP contribution in [0.2, 0.25) is 0 Å².